The molecule has 13 heteroatoms. The molecular weight excluding hydrogens is 909 g/mol. The van der Waals surface area contributed by atoms with Gasteiger partial charge in [0.05, 0.1) is 71.7 Å². The van der Waals surface area contributed by atoms with E-state index in [0.29, 0.717) is 23.1 Å². The quantitative estimate of drug-likeness (QED) is 0.132. The molecule has 13 rings (SSSR count). The van der Waals surface area contributed by atoms with Crippen LogP contribution in [-0.4, -0.2) is 56.8 Å². The van der Waals surface area contributed by atoms with Crippen LogP contribution < -0.4 is 5.32 Å². The number of carboxylic acids is 2. The summed E-state index contributed by atoms with van der Waals surface area (Å²) in [4.78, 5) is 47.6. The van der Waals surface area contributed by atoms with Gasteiger partial charge < -0.3 is 34.3 Å². The summed E-state index contributed by atoms with van der Waals surface area (Å²) in [6.07, 6.45) is 14.0. The highest BCUT2D eigenvalue weighted by atomic mass is 32.1. The number of hydrogen-bond acceptors (Lipinski definition) is 7. The van der Waals surface area contributed by atoms with Gasteiger partial charge in [-0.1, -0.05) is 50.7 Å². The minimum absolute atomic E-state index is 0.128. The Labute approximate surface area is 414 Å². The number of fused-ring (bicyclic) bond motifs is 14. The number of amides is 1. The Bertz CT molecular complexity index is 3660. The number of phenolic OH excluding ortho intramolecular Hbond substituents is 1. The first kappa shape index (κ1) is 44.9. The van der Waals surface area contributed by atoms with Gasteiger partial charge in [0.1, 0.15) is 12.3 Å². The van der Waals surface area contributed by atoms with Crippen LogP contribution in [0.15, 0.2) is 84.9 Å². The molecule has 9 aromatic rings. The molecule has 2 aliphatic heterocycles. The SMILES string of the molecule is Cc1nc(C)c(-c2ccc3c4c(ccc3n2)-c2c(C3CCCCC3)c3ccc(C(=O)O)cc3n2CC(=O)N4)s1.O=C(O)c1ccc2c(C3CCCCC3)c3n(c2c1)CCCCn1c-3cc2ccc(O)cc21. The van der Waals surface area contributed by atoms with Gasteiger partial charge in [0.15, 0.2) is 0 Å². The number of carbonyl (C=O) groups is 3. The van der Waals surface area contributed by atoms with Gasteiger partial charge in [0.25, 0.3) is 0 Å². The van der Waals surface area contributed by atoms with Crippen LogP contribution in [0.3, 0.4) is 0 Å². The van der Waals surface area contributed by atoms with Crippen molar-refractivity contribution in [3.63, 3.8) is 0 Å². The van der Waals surface area contributed by atoms with E-state index >= 15 is 0 Å². The molecule has 0 unspecified atom stereocenters. The van der Waals surface area contributed by atoms with E-state index in [0.717, 1.165) is 115 Å². The highest BCUT2D eigenvalue weighted by Gasteiger charge is 2.33. The molecule has 2 aliphatic carbocycles. The number of thiazole rings is 1. The van der Waals surface area contributed by atoms with Crippen LogP contribution in [0.5, 0.6) is 5.75 Å². The number of anilines is 1. The predicted octanol–water partition coefficient (Wildman–Crippen LogP) is 13.8. The lowest BCUT2D eigenvalue weighted by Gasteiger charge is -2.25. The number of aromatic hydroxyl groups is 1. The first-order chi connectivity index (χ1) is 34.5. The lowest BCUT2D eigenvalue weighted by atomic mass is 9.81. The van der Waals surface area contributed by atoms with Gasteiger partial charge in [-0.3, -0.25) is 4.79 Å². The maximum Gasteiger partial charge on any atom is 0.335 e. The van der Waals surface area contributed by atoms with Crippen molar-refractivity contribution in [2.75, 3.05) is 5.32 Å². The average molecular weight is 965 g/mol. The Morgan fingerprint density at radius 1 is 0.634 bits per heavy atom. The average Bonchev–Trinajstić information content (AvgIpc) is 4.07. The van der Waals surface area contributed by atoms with Gasteiger partial charge in [0, 0.05) is 51.8 Å². The Morgan fingerprint density at radius 3 is 1.89 bits per heavy atom. The van der Waals surface area contributed by atoms with Gasteiger partial charge >= 0.3 is 11.9 Å². The fourth-order valence-corrected chi connectivity index (χ4v) is 13.5. The fraction of sp³-hybridized carbons (Fsp3) is 0.328. The van der Waals surface area contributed by atoms with Gasteiger partial charge in [-0.2, -0.15) is 0 Å². The standard InChI is InChI=1S/C31H28N4O3S.C27H28N2O3/c1-16-30(39-17(2)32-16)24-13-10-20-23(33-24)12-11-22-28(20)34-26(36)15-35-25-14-19(31(37)38)8-9-21(25)27(29(22)35)18-6-4-3-5-7-18;30-20-10-8-18-14-24-26-25(17-6-2-1-3-7-17)21-11-9-19(27(31)32)15-23(21)29(26)13-5-4-12-28(24)22(18)16-20/h8-14,18H,3-7,15H2,1-2H3,(H,34,36)(H,37,38);8-11,14-17,30H,1-7,12-13H2,(H,31,32). The summed E-state index contributed by atoms with van der Waals surface area (Å²) in [6, 6.07) is 27.1. The molecular formula is C58H56N6O6S. The molecule has 0 atom stereocenters. The first-order valence-corrected chi connectivity index (χ1v) is 26.1. The number of rotatable bonds is 5. The van der Waals surface area contributed by atoms with Gasteiger partial charge in [0.2, 0.25) is 5.91 Å². The summed E-state index contributed by atoms with van der Waals surface area (Å²) in [6.45, 7) is 5.95. The summed E-state index contributed by atoms with van der Waals surface area (Å²) in [7, 11) is 0. The molecule has 4 N–H and O–H groups in total. The van der Waals surface area contributed by atoms with E-state index in [9.17, 15) is 29.7 Å². The van der Waals surface area contributed by atoms with Crippen molar-refractivity contribution in [2.45, 2.75) is 122 Å². The number of phenols is 1. The third kappa shape index (κ3) is 7.76. The van der Waals surface area contributed by atoms with Crippen molar-refractivity contribution in [1.29, 1.82) is 0 Å². The van der Waals surface area contributed by atoms with Gasteiger partial charge in [-0.25, -0.2) is 19.6 Å². The number of nitrogens with zero attached hydrogens (tertiary/aromatic N) is 5. The highest BCUT2D eigenvalue weighted by Crippen LogP contribution is 2.49. The molecule has 1 amide bonds. The van der Waals surface area contributed by atoms with Crippen LogP contribution in [-0.2, 0) is 24.4 Å². The third-order valence-electron chi connectivity index (χ3n) is 15.7. The molecule has 0 spiro atoms. The third-order valence-corrected chi connectivity index (χ3v) is 16.8. The van der Waals surface area contributed by atoms with E-state index in [-0.39, 0.29) is 18.0 Å². The number of hydrogen-bond donors (Lipinski definition) is 4. The number of aromatic nitrogens is 5. The molecule has 71 heavy (non-hydrogen) atoms. The topological polar surface area (TPSA) is 164 Å². The summed E-state index contributed by atoms with van der Waals surface area (Å²) >= 11 is 1.63. The largest absolute Gasteiger partial charge is 0.508 e. The Hall–Kier alpha value is -7.25. The number of carbonyl (C=O) groups excluding carboxylic acids is 1. The molecule has 0 bridgehead atoms. The number of benzene rings is 4. The molecule has 0 saturated heterocycles. The van der Waals surface area contributed by atoms with E-state index in [2.05, 4.69) is 31.6 Å². The lowest BCUT2D eigenvalue weighted by molar-refractivity contribution is -0.116. The van der Waals surface area contributed by atoms with Crippen LogP contribution in [0.1, 0.15) is 131 Å². The van der Waals surface area contributed by atoms with Gasteiger partial charge in [-0.15, -0.1) is 11.3 Å². The summed E-state index contributed by atoms with van der Waals surface area (Å²) in [5.74, 6) is -0.824. The fourth-order valence-electron chi connectivity index (χ4n) is 12.6. The second-order valence-corrected chi connectivity index (χ2v) is 21.3. The molecule has 5 aromatic heterocycles. The molecule has 0 radical (unpaired) electrons. The van der Waals surface area contributed by atoms with Crippen molar-refractivity contribution < 1.29 is 29.7 Å². The number of aromatic carboxylic acids is 2. The van der Waals surface area contributed by atoms with Crippen LogP contribution >= 0.6 is 11.3 Å². The van der Waals surface area contributed by atoms with Crippen molar-refractivity contribution in [3.05, 3.63) is 118 Å². The summed E-state index contributed by atoms with van der Waals surface area (Å²) in [5, 5.41) is 38.0. The maximum absolute atomic E-state index is 13.4. The number of pyridine rings is 1. The normalized spacial score (nSPS) is 16.3. The van der Waals surface area contributed by atoms with Crippen molar-refractivity contribution in [3.8, 4) is 39.0 Å². The molecule has 12 nitrogen and oxygen atoms in total. The van der Waals surface area contributed by atoms with Crippen LogP contribution in [0.4, 0.5) is 5.69 Å². The molecule has 7 heterocycles. The van der Waals surface area contributed by atoms with E-state index in [4.69, 9.17) is 4.98 Å². The van der Waals surface area contributed by atoms with E-state index in [1.54, 1.807) is 35.6 Å². The zero-order valence-corrected chi connectivity index (χ0v) is 40.9. The monoisotopic (exact) mass is 964 g/mol. The molecule has 2 saturated carbocycles. The number of aryl methyl sites for hydroxylation is 4. The van der Waals surface area contributed by atoms with E-state index in [1.165, 1.54) is 79.3 Å². The first-order valence-electron chi connectivity index (χ1n) is 25.3. The number of carboxylic acid groups (broad SMARTS) is 2. The summed E-state index contributed by atoms with van der Waals surface area (Å²) in [5.41, 5.74) is 14.0. The maximum atomic E-state index is 13.4. The van der Waals surface area contributed by atoms with Crippen LogP contribution in [0.25, 0.3) is 76.8 Å². The van der Waals surface area contributed by atoms with E-state index < -0.39 is 11.9 Å². The molecule has 360 valence electrons. The smallest absolute Gasteiger partial charge is 0.335 e. The molecule has 2 fully saturated rings. The predicted molar refractivity (Wildman–Crippen MR) is 281 cm³/mol. The minimum Gasteiger partial charge on any atom is -0.508 e. The zero-order chi connectivity index (χ0) is 48.7. The van der Waals surface area contributed by atoms with Crippen molar-refractivity contribution in [2.24, 2.45) is 0 Å². The second kappa shape index (κ2) is 17.9. The second-order valence-electron chi connectivity index (χ2n) is 20.1. The van der Waals surface area contributed by atoms with Crippen LogP contribution in [0, 0.1) is 13.8 Å². The number of nitrogens with one attached hydrogen (secondary N) is 1. The van der Waals surface area contributed by atoms with Gasteiger partial charge in [-0.05, 0) is 142 Å². The molecule has 4 aromatic carbocycles. The van der Waals surface area contributed by atoms with Crippen LogP contribution in [0.2, 0.25) is 0 Å². The lowest BCUT2D eigenvalue weighted by Crippen LogP contribution is -2.16. The van der Waals surface area contributed by atoms with Crippen molar-refractivity contribution in [1.82, 2.24) is 23.7 Å². The minimum atomic E-state index is -0.968. The zero-order valence-electron chi connectivity index (χ0n) is 40.1. The Balaban J connectivity index is 0.000000149. The Morgan fingerprint density at radius 2 is 1.25 bits per heavy atom. The van der Waals surface area contributed by atoms with Crippen molar-refractivity contribution >= 4 is 78.5 Å². The van der Waals surface area contributed by atoms with E-state index in [1.807, 2.05) is 66.9 Å². The Kier molecular flexibility index (Phi) is 11.3. The molecule has 4 aliphatic rings. The summed E-state index contributed by atoms with van der Waals surface area (Å²) < 4.78 is 6.78. The highest BCUT2D eigenvalue weighted by molar-refractivity contribution is 7.15.